The van der Waals surface area contributed by atoms with Gasteiger partial charge < -0.3 is 19.2 Å². The number of carbonyl (C=O) groups is 1. The molecule has 1 N–H and O–H groups in total. The lowest BCUT2D eigenvalue weighted by atomic mass is 10.00. The summed E-state index contributed by atoms with van der Waals surface area (Å²) in [5.41, 5.74) is 2.75. The van der Waals surface area contributed by atoms with Crippen LogP contribution in [0.5, 0.6) is 5.75 Å². The molecule has 7 heteroatoms. The van der Waals surface area contributed by atoms with Gasteiger partial charge in [0.25, 0.3) is 0 Å². The van der Waals surface area contributed by atoms with Crippen molar-refractivity contribution >= 4 is 16.9 Å². The van der Waals surface area contributed by atoms with Gasteiger partial charge in [0.1, 0.15) is 24.0 Å². The van der Waals surface area contributed by atoms with Crippen LogP contribution in [-0.2, 0) is 11.2 Å². The van der Waals surface area contributed by atoms with E-state index >= 15 is 0 Å². The number of hydrogen-bond donors (Lipinski definition) is 1. The Bertz CT molecular complexity index is 1170. The van der Waals surface area contributed by atoms with Crippen molar-refractivity contribution in [2.75, 3.05) is 39.3 Å². The normalized spacial score (nSPS) is 15.5. The largest absolute Gasteiger partial charge is 0.491 e. The van der Waals surface area contributed by atoms with Crippen molar-refractivity contribution in [2.24, 2.45) is 0 Å². The summed E-state index contributed by atoms with van der Waals surface area (Å²) in [5, 5.41) is 11.3. The molecule has 1 saturated heterocycles. The molecule has 1 atom stereocenters. The first kappa shape index (κ1) is 23.0. The van der Waals surface area contributed by atoms with Crippen LogP contribution in [0.3, 0.4) is 0 Å². The second-order valence-electron chi connectivity index (χ2n) is 8.58. The smallest absolute Gasteiger partial charge is 0.340 e. The Labute approximate surface area is 193 Å². The molecular weight excluding hydrogens is 420 g/mol. The van der Waals surface area contributed by atoms with Crippen LogP contribution < -0.4 is 10.4 Å². The Morgan fingerprint density at radius 3 is 2.55 bits per heavy atom. The van der Waals surface area contributed by atoms with Gasteiger partial charge in [0.05, 0.1) is 0 Å². The fourth-order valence-corrected chi connectivity index (χ4v) is 4.26. The standard InChI is InChI=1S/C26H30N2O5/c1-18-23-9-8-22(32-17-21(30)16-27-10-12-28(13-11-27)19(2)29)15-25(23)33-26(31)24(18)14-20-6-4-3-5-7-20/h3-9,15,21,30H,10-14,16-17H2,1-2H3/t21-/m1/s1. The fourth-order valence-electron chi connectivity index (χ4n) is 4.26. The number of piperazine rings is 1. The predicted octanol–water partition coefficient (Wildman–Crippen LogP) is 2.60. The Morgan fingerprint density at radius 1 is 1.12 bits per heavy atom. The summed E-state index contributed by atoms with van der Waals surface area (Å²) in [6.45, 7) is 6.97. The minimum Gasteiger partial charge on any atom is -0.491 e. The number of amides is 1. The van der Waals surface area contributed by atoms with Crippen molar-refractivity contribution in [1.82, 2.24) is 9.80 Å². The number of hydrogen-bond acceptors (Lipinski definition) is 6. The topological polar surface area (TPSA) is 83.2 Å². The third kappa shape index (κ3) is 5.61. The SMILES string of the molecule is CC(=O)N1CCN(C[C@@H](O)COc2ccc3c(C)c(Cc4ccccc4)c(=O)oc3c2)CC1. The molecule has 0 aliphatic carbocycles. The number of fused-ring (bicyclic) bond motifs is 1. The molecule has 2 aromatic carbocycles. The van der Waals surface area contributed by atoms with Gasteiger partial charge in [-0.05, 0) is 30.2 Å². The Kier molecular flexibility index (Phi) is 7.11. The number of rotatable bonds is 7. The third-order valence-corrected chi connectivity index (χ3v) is 6.21. The van der Waals surface area contributed by atoms with Crippen LogP contribution in [0.4, 0.5) is 0 Å². The van der Waals surface area contributed by atoms with Gasteiger partial charge >= 0.3 is 5.63 Å². The molecule has 1 aliphatic rings. The molecule has 1 aliphatic heterocycles. The van der Waals surface area contributed by atoms with Gasteiger partial charge in [-0.2, -0.15) is 0 Å². The Hall–Kier alpha value is -3.16. The quantitative estimate of drug-likeness (QED) is 0.557. The van der Waals surface area contributed by atoms with E-state index in [1.807, 2.05) is 54.3 Å². The van der Waals surface area contributed by atoms with Gasteiger partial charge in [0, 0.05) is 63.1 Å². The summed E-state index contributed by atoms with van der Waals surface area (Å²) in [7, 11) is 0. The highest BCUT2D eigenvalue weighted by atomic mass is 16.5. The second kappa shape index (κ2) is 10.2. The molecule has 174 valence electrons. The summed E-state index contributed by atoms with van der Waals surface area (Å²) in [4.78, 5) is 28.0. The number of aryl methyl sites for hydroxylation is 1. The second-order valence-corrected chi connectivity index (χ2v) is 8.58. The van der Waals surface area contributed by atoms with Gasteiger partial charge in [-0.3, -0.25) is 9.69 Å². The van der Waals surface area contributed by atoms with Gasteiger partial charge in [-0.15, -0.1) is 0 Å². The van der Waals surface area contributed by atoms with Gasteiger partial charge in [-0.25, -0.2) is 4.79 Å². The van der Waals surface area contributed by atoms with Crippen molar-refractivity contribution in [3.8, 4) is 5.75 Å². The molecule has 1 aromatic heterocycles. The van der Waals surface area contributed by atoms with Crippen molar-refractivity contribution in [3.63, 3.8) is 0 Å². The third-order valence-electron chi connectivity index (χ3n) is 6.21. The minimum absolute atomic E-state index is 0.0870. The average molecular weight is 451 g/mol. The number of benzene rings is 2. The number of aliphatic hydroxyl groups excluding tert-OH is 1. The maximum atomic E-state index is 12.6. The van der Waals surface area contributed by atoms with E-state index in [0.29, 0.717) is 43.0 Å². The molecule has 0 saturated carbocycles. The monoisotopic (exact) mass is 450 g/mol. The van der Waals surface area contributed by atoms with E-state index in [0.717, 1.165) is 29.6 Å². The van der Waals surface area contributed by atoms with E-state index in [1.165, 1.54) is 0 Å². The lowest BCUT2D eigenvalue weighted by molar-refractivity contribution is -0.130. The molecule has 1 amide bonds. The summed E-state index contributed by atoms with van der Waals surface area (Å²) in [6, 6.07) is 15.3. The molecular formula is C26H30N2O5. The molecule has 1 fully saturated rings. The number of aliphatic hydroxyl groups is 1. The fraction of sp³-hybridized carbons (Fsp3) is 0.385. The lowest BCUT2D eigenvalue weighted by Gasteiger charge is -2.35. The molecule has 0 spiro atoms. The zero-order chi connectivity index (χ0) is 23.4. The summed E-state index contributed by atoms with van der Waals surface area (Å²) in [6.07, 6.45) is -0.137. The van der Waals surface area contributed by atoms with Gasteiger partial charge in [0.2, 0.25) is 5.91 Å². The summed E-state index contributed by atoms with van der Waals surface area (Å²) in [5.74, 6) is 0.630. The number of β-amino-alcohol motifs (C(OH)–C–C–N with tert-alkyl or cyclic N) is 1. The van der Waals surface area contributed by atoms with E-state index in [1.54, 1.807) is 13.0 Å². The average Bonchev–Trinajstić information content (AvgIpc) is 2.81. The molecule has 0 bridgehead atoms. The van der Waals surface area contributed by atoms with E-state index in [4.69, 9.17) is 9.15 Å². The molecule has 2 heterocycles. The van der Waals surface area contributed by atoms with Gasteiger partial charge in [0.15, 0.2) is 0 Å². The van der Waals surface area contributed by atoms with Crippen molar-refractivity contribution in [2.45, 2.75) is 26.4 Å². The van der Waals surface area contributed by atoms with E-state index in [-0.39, 0.29) is 18.1 Å². The highest BCUT2D eigenvalue weighted by Gasteiger charge is 2.21. The summed E-state index contributed by atoms with van der Waals surface area (Å²) < 4.78 is 11.4. The summed E-state index contributed by atoms with van der Waals surface area (Å²) >= 11 is 0. The van der Waals surface area contributed by atoms with Crippen molar-refractivity contribution in [3.05, 3.63) is 75.6 Å². The first-order valence-electron chi connectivity index (χ1n) is 11.3. The Balaban J connectivity index is 1.38. The molecule has 7 nitrogen and oxygen atoms in total. The van der Waals surface area contributed by atoms with Crippen LogP contribution in [0, 0.1) is 6.92 Å². The minimum atomic E-state index is -0.661. The molecule has 4 rings (SSSR count). The molecule has 0 radical (unpaired) electrons. The van der Waals surface area contributed by atoms with Crippen LogP contribution in [0.25, 0.3) is 11.0 Å². The van der Waals surface area contributed by atoms with E-state index in [2.05, 4.69) is 4.90 Å². The molecule has 33 heavy (non-hydrogen) atoms. The lowest BCUT2D eigenvalue weighted by Crippen LogP contribution is -2.50. The number of carbonyl (C=O) groups excluding carboxylic acids is 1. The maximum absolute atomic E-state index is 12.6. The highest BCUT2D eigenvalue weighted by molar-refractivity contribution is 5.82. The van der Waals surface area contributed by atoms with Crippen LogP contribution in [0.2, 0.25) is 0 Å². The van der Waals surface area contributed by atoms with Crippen molar-refractivity contribution < 1.29 is 19.1 Å². The maximum Gasteiger partial charge on any atom is 0.340 e. The number of ether oxygens (including phenoxy) is 1. The molecule has 0 unspecified atom stereocenters. The predicted molar refractivity (Wildman–Crippen MR) is 127 cm³/mol. The van der Waals surface area contributed by atoms with Crippen LogP contribution in [0.1, 0.15) is 23.6 Å². The zero-order valence-corrected chi connectivity index (χ0v) is 19.1. The van der Waals surface area contributed by atoms with Crippen LogP contribution in [-0.4, -0.2) is 66.2 Å². The first-order chi connectivity index (χ1) is 15.9. The van der Waals surface area contributed by atoms with Crippen molar-refractivity contribution in [1.29, 1.82) is 0 Å². The van der Waals surface area contributed by atoms with E-state index < -0.39 is 6.10 Å². The van der Waals surface area contributed by atoms with Crippen LogP contribution >= 0.6 is 0 Å². The van der Waals surface area contributed by atoms with E-state index in [9.17, 15) is 14.7 Å². The van der Waals surface area contributed by atoms with Crippen LogP contribution in [0.15, 0.2) is 57.7 Å². The Morgan fingerprint density at radius 2 is 1.85 bits per heavy atom. The molecule has 3 aromatic rings. The van der Waals surface area contributed by atoms with Gasteiger partial charge in [-0.1, -0.05) is 30.3 Å². The first-order valence-corrected chi connectivity index (χ1v) is 11.3. The zero-order valence-electron chi connectivity index (χ0n) is 19.1. The number of nitrogens with zero attached hydrogens (tertiary/aromatic N) is 2. The highest BCUT2D eigenvalue weighted by Crippen LogP contribution is 2.25.